The lowest BCUT2D eigenvalue weighted by Gasteiger charge is -2.13. The van der Waals surface area contributed by atoms with Gasteiger partial charge < -0.3 is 9.26 Å². The van der Waals surface area contributed by atoms with Crippen molar-refractivity contribution in [1.82, 2.24) is 10.5 Å². The van der Waals surface area contributed by atoms with E-state index in [1.54, 1.807) is 6.92 Å². The van der Waals surface area contributed by atoms with Crippen molar-refractivity contribution in [3.05, 3.63) is 76.1 Å². The molecule has 4 rings (SSSR count). The summed E-state index contributed by atoms with van der Waals surface area (Å²) in [4.78, 5) is 16.9. The molecule has 0 radical (unpaired) electrons. The van der Waals surface area contributed by atoms with Crippen molar-refractivity contribution < 1.29 is 14.1 Å². The van der Waals surface area contributed by atoms with Crippen molar-refractivity contribution in [2.75, 3.05) is 6.61 Å². The first-order chi connectivity index (χ1) is 13.6. The molecule has 1 aliphatic rings. The van der Waals surface area contributed by atoms with Gasteiger partial charge in [0.2, 0.25) is 0 Å². The number of ether oxygens (including phenoxy) is 1. The minimum absolute atomic E-state index is 0.259. The Morgan fingerprint density at radius 3 is 2.61 bits per heavy atom. The highest BCUT2D eigenvalue weighted by molar-refractivity contribution is 6.30. The molecule has 0 spiro atoms. The fraction of sp³-hybridized carbons (Fsp3) is 0.190. The molecule has 1 amide bonds. The first kappa shape index (κ1) is 18.3. The minimum atomic E-state index is -0.770. The van der Waals surface area contributed by atoms with Gasteiger partial charge in [0, 0.05) is 16.1 Å². The number of benzene rings is 2. The minimum Gasteiger partial charge on any atom is -0.450 e. The van der Waals surface area contributed by atoms with Crippen LogP contribution in [0.5, 0.6) is 0 Å². The van der Waals surface area contributed by atoms with Crippen molar-refractivity contribution in [2.45, 2.75) is 20.0 Å². The molecule has 0 saturated carbocycles. The molecule has 28 heavy (non-hydrogen) atoms. The molecule has 1 atom stereocenters. The summed E-state index contributed by atoms with van der Waals surface area (Å²) in [5.41, 5.74) is 5.02. The second-order valence-corrected chi connectivity index (χ2v) is 6.74. The highest BCUT2D eigenvalue weighted by Crippen LogP contribution is 2.38. The maximum atomic E-state index is 12.1. The molecule has 0 bridgehead atoms. The van der Waals surface area contributed by atoms with Crippen LogP contribution in [0.4, 0.5) is 4.79 Å². The van der Waals surface area contributed by atoms with Gasteiger partial charge in [0.1, 0.15) is 0 Å². The van der Waals surface area contributed by atoms with Crippen LogP contribution in [-0.2, 0) is 4.74 Å². The zero-order valence-electron chi connectivity index (χ0n) is 15.4. The molecular weight excluding hydrogens is 378 g/mol. The fourth-order valence-corrected chi connectivity index (χ4v) is 3.41. The normalized spacial score (nSPS) is 15.1. The van der Waals surface area contributed by atoms with Crippen molar-refractivity contribution >= 4 is 23.4 Å². The average molecular weight is 396 g/mol. The highest BCUT2D eigenvalue weighted by Gasteiger charge is 2.31. The predicted octanol–water partition coefficient (Wildman–Crippen LogP) is 4.90. The van der Waals surface area contributed by atoms with Gasteiger partial charge in [-0.3, -0.25) is 10.3 Å². The highest BCUT2D eigenvalue weighted by atomic mass is 35.5. The third kappa shape index (κ3) is 3.27. The second kappa shape index (κ2) is 7.48. The van der Waals surface area contributed by atoms with Crippen molar-refractivity contribution in [3.8, 4) is 11.1 Å². The smallest absolute Gasteiger partial charge is 0.409 e. The van der Waals surface area contributed by atoms with Crippen LogP contribution in [0.2, 0.25) is 5.02 Å². The van der Waals surface area contributed by atoms with E-state index in [1.807, 2.05) is 55.5 Å². The zero-order chi connectivity index (χ0) is 19.7. The summed E-state index contributed by atoms with van der Waals surface area (Å²) in [5, 5.41) is 7.50. The summed E-state index contributed by atoms with van der Waals surface area (Å²) in [6, 6.07) is 15.3. The molecule has 2 heterocycles. The largest absolute Gasteiger partial charge is 0.450 e. The van der Waals surface area contributed by atoms with Gasteiger partial charge >= 0.3 is 6.09 Å². The number of amides is 1. The number of rotatable bonds is 3. The Morgan fingerprint density at radius 1 is 1.18 bits per heavy atom. The topological polar surface area (TPSA) is 76.7 Å². The van der Waals surface area contributed by atoms with Gasteiger partial charge in [0.05, 0.1) is 23.6 Å². The Labute approximate surface area is 167 Å². The first-order valence-corrected chi connectivity index (χ1v) is 9.29. The number of aliphatic imine (C=N–C) groups is 1. The van der Waals surface area contributed by atoms with Gasteiger partial charge in [-0.1, -0.05) is 53.2 Å². The van der Waals surface area contributed by atoms with Crippen molar-refractivity contribution in [3.63, 3.8) is 0 Å². The molecule has 7 heteroatoms. The van der Waals surface area contributed by atoms with Crippen LogP contribution < -0.4 is 5.32 Å². The number of nitrogens with zero attached hydrogens (tertiary/aromatic N) is 2. The predicted molar refractivity (Wildman–Crippen MR) is 107 cm³/mol. The second-order valence-electron chi connectivity index (χ2n) is 6.30. The monoisotopic (exact) mass is 395 g/mol. The van der Waals surface area contributed by atoms with E-state index in [4.69, 9.17) is 25.9 Å². The number of nitrogens with one attached hydrogen (secondary N) is 1. The summed E-state index contributed by atoms with van der Waals surface area (Å²) in [6.07, 6.45) is -1.34. The van der Waals surface area contributed by atoms with Gasteiger partial charge in [-0.05, 0) is 31.5 Å². The summed E-state index contributed by atoms with van der Waals surface area (Å²) in [7, 11) is 0. The Balaban J connectivity index is 1.92. The summed E-state index contributed by atoms with van der Waals surface area (Å²) >= 11 is 6.05. The van der Waals surface area contributed by atoms with Gasteiger partial charge in [-0.25, -0.2) is 4.79 Å². The maximum absolute atomic E-state index is 12.1. The molecule has 6 nitrogen and oxygen atoms in total. The van der Waals surface area contributed by atoms with Gasteiger partial charge in [0.15, 0.2) is 11.9 Å². The standard InChI is InChI=1S/C21H18ClN3O3/c1-3-27-21(26)24-20-19-17(12(2)25-28-19)15-6-4-5-7-16(15)18(23-20)13-8-10-14(22)11-9-13/h4-11,20H,3H2,1-2H3,(H,24,26)/t20-/m1/s1. The number of hydrogen-bond donors (Lipinski definition) is 1. The number of alkyl carbamates (subject to hydrolysis) is 1. The van der Waals surface area contributed by atoms with Crippen LogP contribution in [-0.4, -0.2) is 23.6 Å². The lowest BCUT2D eigenvalue weighted by molar-refractivity contribution is 0.146. The van der Waals surface area contributed by atoms with E-state index >= 15 is 0 Å². The number of aryl methyl sites for hydroxylation is 1. The molecule has 1 N–H and O–H groups in total. The molecule has 2 aromatic carbocycles. The molecule has 3 aromatic rings. The van der Waals surface area contributed by atoms with E-state index in [9.17, 15) is 4.79 Å². The third-order valence-corrected chi connectivity index (χ3v) is 4.75. The Bertz CT molecular complexity index is 1060. The Morgan fingerprint density at radius 2 is 1.89 bits per heavy atom. The SMILES string of the molecule is CCOC(=O)N[C@H]1N=C(c2ccc(Cl)cc2)c2ccccc2-c2c(C)noc21. The van der Waals surface area contributed by atoms with E-state index in [-0.39, 0.29) is 6.61 Å². The number of carbonyl (C=O) groups excluding carboxylic acids is 1. The quantitative estimate of drug-likeness (QED) is 0.684. The fourth-order valence-electron chi connectivity index (χ4n) is 3.29. The number of carbonyl (C=O) groups is 1. The van der Waals surface area contributed by atoms with Gasteiger partial charge in [-0.15, -0.1) is 0 Å². The number of halogens is 1. The lowest BCUT2D eigenvalue weighted by Crippen LogP contribution is -2.28. The summed E-state index contributed by atoms with van der Waals surface area (Å²) < 4.78 is 10.6. The van der Waals surface area contributed by atoms with Crippen LogP contribution in [0.3, 0.4) is 0 Å². The molecule has 1 aliphatic heterocycles. The zero-order valence-corrected chi connectivity index (χ0v) is 16.2. The van der Waals surface area contributed by atoms with Crippen LogP contribution >= 0.6 is 11.6 Å². The molecule has 0 saturated heterocycles. The molecule has 1 aromatic heterocycles. The number of hydrogen-bond acceptors (Lipinski definition) is 5. The van der Waals surface area contributed by atoms with Crippen LogP contribution in [0.25, 0.3) is 11.1 Å². The summed E-state index contributed by atoms with van der Waals surface area (Å²) in [6.45, 7) is 3.87. The molecule has 142 valence electrons. The third-order valence-electron chi connectivity index (χ3n) is 4.49. The lowest BCUT2D eigenvalue weighted by atomic mass is 9.93. The molecule has 0 aliphatic carbocycles. The van der Waals surface area contributed by atoms with Crippen LogP contribution in [0.15, 0.2) is 58.0 Å². The average Bonchev–Trinajstić information content (AvgIpc) is 3.01. The van der Waals surface area contributed by atoms with E-state index in [0.29, 0.717) is 10.8 Å². The number of aromatic nitrogens is 1. The van der Waals surface area contributed by atoms with Crippen LogP contribution in [0, 0.1) is 6.92 Å². The van der Waals surface area contributed by atoms with E-state index < -0.39 is 12.3 Å². The van der Waals surface area contributed by atoms with Gasteiger partial charge in [-0.2, -0.15) is 0 Å². The van der Waals surface area contributed by atoms with E-state index in [2.05, 4.69) is 10.5 Å². The van der Waals surface area contributed by atoms with Crippen molar-refractivity contribution in [2.24, 2.45) is 4.99 Å². The molecular formula is C21H18ClN3O3. The Hall–Kier alpha value is -3.12. The maximum Gasteiger partial charge on any atom is 0.409 e. The Kier molecular flexibility index (Phi) is 4.88. The van der Waals surface area contributed by atoms with Crippen LogP contribution in [0.1, 0.15) is 35.7 Å². The van der Waals surface area contributed by atoms with Crippen molar-refractivity contribution in [1.29, 1.82) is 0 Å². The number of fused-ring (bicyclic) bond motifs is 3. The van der Waals surface area contributed by atoms with E-state index in [1.165, 1.54) is 0 Å². The van der Waals surface area contributed by atoms with Gasteiger partial charge in [0.25, 0.3) is 0 Å². The first-order valence-electron chi connectivity index (χ1n) is 8.91. The molecule has 0 fully saturated rings. The van der Waals surface area contributed by atoms with E-state index in [0.717, 1.165) is 33.7 Å². The molecule has 0 unspecified atom stereocenters. The summed E-state index contributed by atoms with van der Waals surface area (Å²) in [5.74, 6) is 0.474.